The summed E-state index contributed by atoms with van der Waals surface area (Å²) in [6, 6.07) is 87.6. The first kappa shape index (κ1) is 38.3. The zero-order valence-corrected chi connectivity index (χ0v) is 36.9. The van der Waals surface area contributed by atoms with E-state index in [2.05, 4.69) is 211 Å². The van der Waals surface area contributed by atoms with E-state index in [1.807, 2.05) is 36.4 Å². The highest BCUT2D eigenvalue weighted by molar-refractivity contribution is 6.13. The molecule has 0 fully saturated rings. The molecule has 12 aromatic rings. The molecule has 1 aliphatic heterocycles. The summed E-state index contributed by atoms with van der Waals surface area (Å²) >= 11 is 0. The molecule has 4 nitrogen and oxygen atoms in total. The number of fused-ring (bicyclic) bond motifs is 12. The molecule has 0 saturated carbocycles. The Morgan fingerprint density at radius 2 is 0.794 bits per heavy atom. The average Bonchev–Trinajstić information content (AvgIpc) is 3.92. The second-order valence-electron chi connectivity index (χ2n) is 17.8. The van der Waals surface area contributed by atoms with Crippen LogP contribution in [0.3, 0.4) is 0 Å². The summed E-state index contributed by atoms with van der Waals surface area (Å²) in [5.74, 6) is 1.92. The van der Waals surface area contributed by atoms with Crippen LogP contribution in [-0.2, 0) is 5.41 Å². The monoisotopic (exact) mass is 864 g/mol. The molecule has 2 aromatic heterocycles. The van der Waals surface area contributed by atoms with Gasteiger partial charge in [0.1, 0.15) is 0 Å². The summed E-state index contributed by atoms with van der Waals surface area (Å²) < 4.78 is 2.50. The molecule has 4 heteroatoms. The van der Waals surface area contributed by atoms with E-state index in [9.17, 15) is 0 Å². The Bertz CT molecular complexity index is 3890. The van der Waals surface area contributed by atoms with E-state index in [0.29, 0.717) is 17.5 Å². The molecule has 0 N–H and O–H groups in total. The van der Waals surface area contributed by atoms with E-state index in [1.165, 1.54) is 77.6 Å². The Morgan fingerprint density at radius 1 is 0.294 bits per heavy atom. The Kier molecular flexibility index (Phi) is 8.46. The lowest BCUT2D eigenvalue weighted by molar-refractivity contribution is 0.748. The number of para-hydroxylation sites is 3. The summed E-state index contributed by atoms with van der Waals surface area (Å²) in [6.07, 6.45) is 0. The number of rotatable bonds is 6. The number of aromatic nitrogens is 4. The van der Waals surface area contributed by atoms with E-state index in [1.54, 1.807) is 0 Å². The standard InChI is InChI=1S/C64H40N4/c1-4-18-42(19-5-1)47-24-10-11-25-48(47)43-36-34-41(35-37-43)46-38-39-53-52(40-46)59-51(63-66-61(44-20-6-2-7-21-44)65-62(67-63)45-22-8-3-9-23-45)28-17-30-55(59)64(53)54-29-13-15-33-58(54)68-57-32-14-12-26-49(57)50-27-16-31-56(64)60(50)68/h1-40H. The molecular weight excluding hydrogens is 825 g/mol. The predicted molar refractivity (Wildman–Crippen MR) is 278 cm³/mol. The Hall–Kier alpha value is -8.99. The fourth-order valence-electron chi connectivity index (χ4n) is 11.4. The minimum Gasteiger partial charge on any atom is -0.309 e. The van der Waals surface area contributed by atoms with Gasteiger partial charge in [-0.2, -0.15) is 0 Å². The van der Waals surface area contributed by atoms with Crippen LogP contribution in [0.1, 0.15) is 22.3 Å². The highest BCUT2D eigenvalue weighted by atomic mass is 15.0. The molecule has 1 atom stereocenters. The SMILES string of the molecule is c1ccc(-c2nc(-c3ccccc3)nc(-c3cccc4c3-c3cc(-c5ccc(-c6ccccc6-c6ccccc6)cc5)ccc3C43c4ccccc4-n4c5ccccc5c5cccc3c54)n2)cc1. The van der Waals surface area contributed by atoms with Crippen molar-refractivity contribution >= 4 is 21.8 Å². The summed E-state index contributed by atoms with van der Waals surface area (Å²) in [4.78, 5) is 15.8. The van der Waals surface area contributed by atoms with E-state index < -0.39 is 5.41 Å². The molecule has 1 aliphatic carbocycles. The lowest BCUT2D eigenvalue weighted by atomic mass is 9.65. The number of benzene rings is 10. The maximum absolute atomic E-state index is 5.35. The van der Waals surface area contributed by atoms with Gasteiger partial charge in [-0.15, -0.1) is 0 Å². The number of hydrogen-bond donors (Lipinski definition) is 0. The van der Waals surface area contributed by atoms with Gasteiger partial charge in [-0.05, 0) is 85.0 Å². The van der Waals surface area contributed by atoms with Crippen LogP contribution in [0.15, 0.2) is 243 Å². The topological polar surface area (TPSA) is 43.6 Å². The maximum Gasteiger partial charge on any atom is 0.164 e. The van der Waals surface area contributed by atoms with Crippen molar-refractivity contribution in [2.24, 2.45) is 0 Å². The van der Waals surface area contributed by atoms with Crippen molar-refractivity contribution in [1.29, 1.82) is 0 Å². The van der Waals surface area contributed by atoms with Crippen LogP contribution in [-0.4, -0.2) is 19.5 Å². The Balaban J connectivity index is 1.03. The maximum atomic E-state index is 5.35. The summed E-state index contributed by atoms with van der Waals surface area (Å²) in [5.41, 5.74) is 20.2. The molecule has 0 saturated heterocycles. The van der Waals surface area contributed by atoms with Gasteiger partial charge in [0.05, 0.1) is 22.1 Å². The normalized spacial score (nSPS) is 14.2. The van der Waals surface area contributed by atoms with Crippen molar-refractivity contribution in [2.45, 2.75) is 5.41 Å². The zero-order chi connectivity index (χ0) is 44.8. The second kappa shape index (κ2) is 15.0. The third-order valence-electron chi connectivity index (χ3n) is 14.3. The van der Waals surface area contributed by atoms with Crippen LogP contribution in [0.4, 0.5) is 0 Å². The van der Waals surface area contributed by atoms with Gasteiger partial charge in [-0.1, -0.05) is 224 Å². The molecule has 1 unspecified atom stereocenters. The highest BCUT2D eigenvalue weighted by Gasteiger charge is 2.51. The van der Waals surface area contributed by atoms with E-state index in [0.717, 1.165) is 33.4 Å². The van der Waals surface area contributed by atoms with Gasteiger partial charge in [-0.25, -0.2) is 15.0 Å². The second-order valence-corrected chi connectivity index (χ2v) is 17.8. The van der Waals surface area contributed by atoms with Gasteiger partial charge >= 0.3 is 0 Å². The smallest absolute Gasteiger partial charge is 0.164 e. The molecule has 10 aromatic carbocycles. The minimum absolute atomic E-state index is 0.639. The molecule has 316 valence electrons. The first-order valence-electron chi connectivity index (χ1n) is 23.3. The van der Waals surface area contributed by atoms with Gasteiger partial charge in [0.25, 0.3) is 0 Å². The van der Waals surface area contributed by atoms with Crippen LogP contribution in [0.2, 0.25) is 0 Å². The lowest BCUT2D eigenvalue weighted by Gasteiger charge is -2.39. The molecule has 1 spiro atoms. The molecule has 0 amide bonds. The van der Waals surface area contributed by atoms with Crippen LogP contribution in [0.25, 0.3) is 106 Å². The van der Waals surface area contributed by atoms with Crippen molar-refractivity contribution in [3.8, 4) is 84.4 Å². The van der Waals surface area contributed by atoms with Crippen molar-refractivity contribution in [3.05, 3.63) is 265 Å². The van der Waals surface area contributed by atoms with Crippen LogP contribution in [0.5, 0.6) is 0 Å². The van der Waals surface area contributed by atoms with Crippen LogP contribution < -0.4 is 0 Å². The highest BCUT2D eigenvalue weighted by Crippen LogP contribution is 2.62. The molecular formula is C64H40N4. The lowest BCUT2D eigenvalue weighted by Crippen LogP contribution is -2.33. The van der Waals surface area contributed by atoms with Crippen molar-refractivity contribution in [2.75, 3.05) is 0 Å². The van der Waals surface area contributed by atoms with Crippen LogP contribution in [0, 0.1) is 0 Å². The van der Waals surface area contributed by atoms with Gasteiger partial charge in [0.15, 0.2) is 17.5 Å². The third kappa shape index (κ3) is 5.58. The van der Waals surface area contributed by atoms with Gasteiger partial charge < -0.3 is 4.57 Å². The fourth-order valence-corrected chi connectivity index (χ4v) is 11.4. The predicted octanol–water partition coefficient (Wildman–Crippen LogP) is 15.6. The van der Waals surface area contributed by atoms with E-state index in [-0.39, 0.29) is 0 Å². The summed E-state index contributed by atoms with van der Waals surface area (Å²) in [7, 11) is 0. The molecule has 2 aliphatic rings. The first-order chi connectivity index (χ1) is 33.7. The molecule has 0 radical (unpaired) electrons. The molecule has 3 heterocycles. The largest absolute Gasteiger partial charge is 0.309 e. The van der Waals surface area contributed by atoms with Gasteiger partial charge in [0, 0.05) is 27.5 Å². The van der Waals surface area contributed by atoms with Crippen molar-refractivity contribution in [1.82, 2.24) is 19.5 Å². The molecule has 68 heavy (non-hydrogen) atoms. The molecule has 14 rings (SSSR count). The van der Waals surface area contributed by atoms with Crippen molar-refractivity contribution < 1.29 is 0 Å². The Labute approximate surface area is 394 Å². The van der Waals surface area contributed by atoms with Gasteiger partial charge in [0.2, 0.25) is 0 Å². The summed E-state index contributed by atoms with van der Waals surface area (Å²) in [6.45, 7) is 0. The first-order valence-corrected chi connectivity index (χ1v) is 23.3. The fraction of sp³-hybridized carbons (Fsp3) is 0.0156. The quantitative estimate of drug-likeness (QED) is 0.167. The third-order valence-corrected chi connectivity index (χ3v) is 14.3. The average molecular weight is 865 g/mol. The van der Waals surface area contributed by atoms with Crippen molar-refractivity contribution in [3.63, 3.8) is 0 Å². The summed E-state index contributed by atoms with van der Waals surface area (Å²) in [5, 5.41) is 2.50. The van der Waals surface area contributed by atoms with E-state index in [4.69, 9.17) is 15.0 Å². The minimum atomic E-state index is -0.651. The zero-order valence-electron chi connectivity index (χ0n) is 36.9. The van der Waals surface area contributed by atoms with Gasteiger partial charge in [-0.3, -0.25) is 0 Å². The van der Waals surface area contributed by atoms with E-state index >= 15 is 0 Å². The number of hydrogen-bond acceptors (Lipinski definition) is 3. The van der Waals surface area contributed by atoms with Crippen LogP contribution >= 0.6 is 0 Å². The number of nitrogens with zero attached hydrogens (tertiary/aromatic N) is 4. The Morgan fingerprint density at radius 3 is 1.51 bits per heavy atom. The molecule has 0 bridgehead atoms.